The third-order valence-corrected chi connectivity index (χ3v) is 3.84. The maximum absolute atomic E-state index is 5.69. The van der Waals surface area contributed by atoms with Crippen molar-refractivity contribution in [2.24, 2.45) is 11.7 Å². The van der Waals surface area contributed by atoms with Crippen LogP contribution in [0.3, 0.4) is 0 Å². The molecule has 1 unspecified atom stereocenters. The fourth-order valence-corrected chi connectivity index (χ4v) is 2.76. The third kappa shape index (κ3) is 1.61. The zero-order valence-corrected chi connectivity index (χ0v) is 10.0. The van der Waals surface area contributed by atoms with E-state index in [2.05, 4.69) is 32.4 Å². The van der Waals surface area contributed by atoms with Crippen LogP contribution in [0.5, 0.6) is 0 Å². The number of halogens is 1. The van der Waals surface area contributed by atoms with E-state index in [1.54, 1.807) is 0 Å². The molecule has 1 aromatic heterocycles. The topological polar surface area (TPSA) is 43.8 Å². The Labute approximate surface area is 92.8 Å². The number of fused-ring (bicyclic) bond motifs is 1. The minimum Gasteiger partial charge on any atom is -0.330 e. The van der Waals surface area contributed by atoms with Crippen molar-refractivity contribution < 1.29 is 0 Å². The Bertz CT molecular complexity index is 332. The van der Waals surface area contributed by atoms with Crippen LogP contribution in [-0.2, 0) is 19.4 Å². The van der Waals surface area contributed by atoms with Crippen LogP contribution in [0.4, 0.5) is 0 Å². The lowest BCUT2D eigenvalue weighted by Crippen LogP contribution is -2.25. The fraction of sp³-hybridized carbons (Fsp3) is 0.700. The molecule has 0 spiro atoms. The van der Waals surface area contributed by atoms with Crippen molar-refractivity contribution in [1.29, 1.82) is 0 Å². The molecule has 0 saturated heterocycles. The Morgan fingerprint density at radius 1 is 1.64 bits per heavy atom. The van der Waals surface area contributed by atoms with Gasteiger partial charge in [-0.25, -0.2) is 4.98 Å². The Hall–Kier alpha value is -0.350. The molecule has 0 radical (unpaired) electrons. The number of hydrogen-bond donors (Lipinski definition) is 1. The summed E-state index contributed by atoms with van der Waals surface area (Å²) in [4.78, 5) is 4.63. The van der Waals surface area contributed by atoms with Gasteiger partial charge in [0.1, 0.15) is 10.4 Å². The van der Waals surface area contributed by atoms with Gasteiger partial charge in [-0.1, -0.05) is 6.92 Å². The van der Waals surface area contributed by atoms with E-state index in [-0.39, 0.29) is 0 Å². The van der Waals surface area contributed by atoms with Crippen LogP contribution in [0.2, 0.25) is 0 Å². The highest BCUT2D eigenvalue weighted by Crippen LogP contribution is 2.26. The summed E-state index contributed by atoms with van der Waals surface area (Å²) in [6, 6.07) is 0. The summed E-state index contributed by atoms with van der Waals surface area (Å²) in [6.45, 7) is 3.98. The Morgan fingerprint density at radius 2 is 2.43 bits per heavy atom. The minimum absolute atomic E-state index is 0.626. The SMILES string of the molecule is CCc1nc2n(c1Br)CCC(CN)C2. The molecule has 0 bridgehead atoms. The van der Waals surface area contributed by atoms with Crippen LogP contribution < -0.4 is 5.73 Å². The molecular weight excluding hydrogens is 242 g/mol. The summed E-state index contributed by atoms with van der Waals surface area (Å²) in [5.41, 5.74) is 6.87. The van der Waals surface area contributed by atoms with Crippen LogP contribution >= 0.6 is 15.9 Å². The molecule has 78 valence electrons. The van der Waals surface area contributed by atoms with Crippen LogP contribution in [0, 0.1) is 5.92 Å². The zero-order chi connectivity index (χ0) is 10.1. The van der Waals surface area contributed by atoms with E-state index in [0.717, 1.165) is 25.9 Å². The average Bonchev–Trinajstić information content (AvgIpc) is 2.55. The molecule has 1 aliphatic rings. The van der Waals surface area contributed by atoms with Gasteiger partial charge in [0, 0.05) is 13.0 Å². The Morgan fingerprint density at radius 3 is 3.07 bits per heavy atom. The summed E-state index contributed by atoms with van der Waals surface area (Å²) in [5.74, 6) is 1.83. The highest BCUT2D eigenvalue weighted by molar-refractivity contribution is 9.10. The first-order chi connectivity index (χ1) is 6.76. The molecule has 2 heterocycles. The van der Waals surface area contributed by atoms with Crippen molar-refractivity contribution in [2.75, 3.05) is 6.54 Å². The molecule has 0 aromatic carbocycles. The first-order valence-electron chi connectivity index (χ1n) is 5.20. The number of nitrogens with two attached hydrogens (primary N) is 1. The summed E-state index contributed by atoms with van der Waals surface area (Å²) in [6.07, 6.45) is 3.21. The Kier molecular flexibility index (Phi) is 2.93. The fourth-order valence-electron chi connectivity index (χ4n) is 2.01. The predicted molar refractivity (Wildman–Crippen MR) is 60.2 cm³/mol. The lowest BCUT2D eigenvalue weighted by Gasteiger charge is -2.22. The second-order valence-electron chi connectivity index (χ2n) is 3.87. The number of aromatic nitrogens is 2. The van der Waals surface area contributed by atoms with Crippen LogP contribution in [0.15, 0.2) is 4.60 Å². The molecule has 2 N–H and O–H groups in total. The average molecular weight is 258 g/mol. The lowest BCUT2D eigenvalue weighted by atomic mass is 9.98. The first-order valence-corrected chi connectivity index (χ1v) is 5.99. The van der Waals surface area contributed by atoms with Crippen molar-refractivity contribution in [2.45, 2.75) is 32.7 Å². The van der Waals surface area contributed by atoms with Crippen molar-refractivity contribution >= 4 is 15.9 Å². The summed E-state index contributed by atoms with van der Waals surface area (Å²) >= 11 is 3.61. The summed E-state index contributed by atoms with van der Waals surface area (Å²) in [5, 5.41) is 0. The standard InChI is InChI=1S/C10H16BrN3/c1-2-8-10(11)14-4-3-7(6-12)5-9(14)13-8/h7H,2-6,12H2,1H3. The van der Waals surface area contributed by atoms with Crippen LogP contribution in [0.25, 0.3) is 0 Å². The summed E-state index contributed by atoms with van der Waals surface area (Å²) < 4.78 is 3.45. The lowest BCUT2D eigenvalue weighted by molar-refractivity contribution is 0.386. The number of aryl methyl sites for hydroxylation is 1. The minimum atomic E-state index is 0.626. The van der Waals surface area contributed by atoms with E-state index in [9.17, 15) is 0 Å². The van der Waals surface area contributed by atoms with Gasteiger partial charge >= 0.3 is 0 Å². The highest BCUT2D eigenvalue weighted by atomic mass is 79.9. The number of rotatable bonds is 2. The Balaban J connectivity index is 2.30. The second-order valence-corrected chi connectivity index (χ2v) is 4.62. The smallest absolute Gasteiger partial charge is 0.110 e. The molecule has 0 saturated carbocycles. The molecular formula is C10H16BrN3. The molecule has 3 nitrogen and oxygen atoms in total. The van der Waals surface area contributed by atoms with Gasteiger partial charge in [-0.15, -0.1) is 0 Å². The van der Waals surface area contributed by atoms with Crippen LogP contribution in [-0.4, -0.2) is 16.1 Å². The van der Waals surface area contributed by atoms with Gasteiger partial charge in [-0.2, -0.15) is 0 Å². The van der Waals surface area contributed by atoms with Gasteiger partial charge in [0.05, 0.1) is 5.69 Å². The monoisotopic (exact) mass is 257 g/mol. The van der Waals surface area contributed by atoms with Crippen LogP contribution in [0.1, 0.15) is 24.9 Å². The van der Waals surface area contributed by atoms with Gasteiger partial charge in [0.2, 0.25) is 0 Å². The molecule has 4 heteroatoms. The molecule has 1 aliphatic heterocycles. The molecule has 2 rings (SSSR count). The van der Waals surface area contributed by atoms with Crippen molar-refractivity contribution in [1.82, 2.24) is 9.55 Å². The van der Waals surface area contributed by atoms with E-state index < -0.39 is 0 Å². The van der Waals surface area contributed by atoms with Gasteiger partial charge in [0.25, 0.3) is 0 Å². The van der Waals surface area contributed by atoms with Crippen molar-refractivity contribution in [3.05, 3.63) is 16.1 Å². The first kappa shape index (κ1) is 10.2. The summed E-state index contributed by atoms with van der Waals surface area (Å²) in [7, 11) is 0. The third-order valence-electron chi connectivity index (χ3n) is 2.95. The van der Waals surface area contributed by atoms with Gasteiger partial charge in [0.15, 0.2) is 0 Å². The van der Waals surface area contributed by atoms with E-state index in [1.807, 2.05) is 0 Å². The maximum Gasteiger partial charge on any atom is 0.110 e. The molecule has 1 aromatic rings. The van der Waals surface area contributed by atoms with Crippen molar-refractivity contribution in [3.63, 3.8) is 0 Å². The number of nitrogens with zero attached hydrogens (tertiary/aromatic N) is 2. The maximum atomic E-state index is 5.69. The molecule has 14 heavy (non-hydrogen) atoms. The second kappa shape index (κ2) is 4.03. The molecule has 0 aliphatic carbocycles. The van der Waals surface area contributed by atoms with Gasteiger partial charge < -0.3 is 10.3 Å². The molecule has 0 fully saturated rings. The van der Waals surface area contributed by atoms with Gasteiger partial charge in [-0.05, 0) is 41.2 Å². The van der Waals surface area contributed by atoms with E-state index in [0.29, 0.717) is 5.92 Å². The number of imidazole rings is 1. The molecule has 1 atom stereocenters. The van der Waals surface area contributed by atoms with E-state index in [4.69, 9.17) is 5.73 Å². The quantitative estimate of drug-likeness (QED) is 0.877. The molecule has 0 amide bonds. The van der Waals surface area contributed by atoms with Gasteiger partial charge in [-0.3, -0.25) is 0 Å². The normalized spacial score (nSPS) is 20.9. The zero-order valence-electron chi connectivity index (χ0n) is 8.46. The predicted octanol–water partition coefficient (Wildman–Crippen LogP) is 1.73. The van der Waals surface area contributed by atoms with E-state index in [1.165, 1.54) is 22.5 Å². The number of hydrogen-bond acceptors (Lipinski definition) is 2. The highest BCUT2D eigenvalue weighted by Gasteiger charge is 2.22. The van der Waals surface area contributed by atoms with Crippen molar-refractivity contribution in [3.8, 4) is 0 Å². The van der Waals surface area contributed by atoms with E-state index >= 15 is 0 Å². The largest absolute Gasteiger partial charge is 0.330 e.